The molecule has 0 radical (unpaired) electrons. The fraction of sp³-hybridized carbons (Fsp3) is 0.150. The molecule has 0 N–H and O–H groups in total. The normalized spacial score (nSPS) is 11.3. The van der Waals surface area contributed by atoms with E-state index in [-0.39, 0.29) is 23.7 Å². The van der Waals surface area contributed by atoms with E-state index in [2.05, 4.69) is 10.1 Å². The lowest BCUT2D eigenvalue weighted by Gasteiger charge is -2.10. The molecule has 0 saturated heterocycles. The first-order valence-corrected chi connectivity index (χ1v) is 8.90. The lowest BCUT2D eigenvalue weighted by molar-refractivity contribution is 0.112. The molecule has 0 unspecified atom stereocenters. The van der Waals surface area contributed by atoms with Gasteiger partial charge < -0.3 is 9.26 Å². The average molecular weight is 400 g/mol. The zero-order chi connectivity index (χ0) is 19.8. The number of carbonyl (C=O) groups excluding carboxylic acids is 1. The topological polar surface area (TPSA) is 70.2 Å². The first-order chi connectivity index (χ1) is 13.5. The van der Waals surface area contributed by atoms with Crippen LogP contribution in [0.5, 0.6) is 5.75 Å². The van der Waals surface area contributed by atoms with Gasteiger partial charge in [0.1, 0.15) is 6.29 Å². The number of aldehydes is 1. The number of halogens is 2. The third-order valence-electron chi connectivity index (χ3n) is 4.09. The summed E-state index contributed by atoms with van der Waals surface area (Å²) in [6.45, 7) is 3.64. The molecule has 0 spiro atoms. The van der Waals surface area contributed by atoms with E-state index >= 15 is 0 Å². The molecule has 2 aromatic heterocycles. The molecular weight excluding hydrogens is 385 g/mol. The van der Waals surface area contributed by atoms with Gasteiger partial charge in [0.2, 0.25) is 0 Å². The van der Waals surface area contributed by atoms with Gasteiger partial charge in [-0.2, -0.15) is 4.98 Å². The van der Waals surface area contributed by atoms with Crippen LogP contribution in [0.15, 0.2) is 47.1 Å². The Kier molecular flexibility index (Phi) is 4.60. The summed E-state index contributed by atoms with van der Waals surface area (Å²) in [6, 6.07) is 9.56. The SMILES string of the molecule is CC(C)Oc1ccc(-c2nc(-n3cc(Cl)c4cc(C=O)ccc43)no2)cc1F. The summed E-state index contributed by atoms with van der Waals surface area (Å²) in [5.41, 5.74) is 1.66. The van der Waals surface area contributed by atoms with Gasteiger partial charge in [-0.3, -0.25) is 9.36 Å². The number of ether oxygens (including phenoxy) is 1. The number of nitrogens with zero attached hydrogens (tertiary/aromatic N) is 3. The minimum atomic E-state index is -0.512. The number of aromatic nitrogens is 3. The zero-order valence-corrected chi connectivity index (χ0v) is 15.8. The minimum absolute atomic E-state index is 0.137. The molecule has 0 saturated carbocycles. The third kappa shape index (κ3) is 3.25. The summed E-state index contributed by atoms with van der Waals surface area (Å²) in [7, 11) is 0. The Morgan fingerprint density at radius 3 is 2.79 bits per heavy atom. The Morgan fingerprint density at radius 2 is 2.07 bits per heavy atom. The summed E-state index contributed by atoms with van der Waals surface area (Å²) in [5.74, 6) is 0.0515. The predicted molar refractivity (Wildman–Crippen MR) is 103 cm³/mol. The Labute approximate surface area is 164 Å². The molecule has 0 aliphatic heterocycles. The first-order valence-electron chi connectivity index (χ1n) is 8.52. The third-order valence-corrected chi connectivity index (χ3v) is 4.39. The van der Waals surface area contributed by atoms with E-state index < -0.39 is 5.82 Å². The van der Waals surface area contributed by atoms with Crippen LogP contribution in [0.25, 0.3) is 28.3 Å². The van der Waals surface area contributed by atoms with E-state index in [1.165, 1.54) is 12.1 Å². The Bertz CT molecular complexity index is 1180. The quantitative estimate of drug-likeness (QED) is 0.438. The lowest BCUT2D eigenvalue weighted by Crippen LogP contribution is -2.06. The van der Waals surface area contributed by atoms with Crippen LogP contribution in [0.1, 0.15) is 24.2 Å². The summed E-state index contributed by atoms with van der Waals surface area (Å²) >= 11 is 6.27. The Morgan fingerprint density at radius 1 is 1.25 bits per heavy atom. The van der Waals surface area contributed by atoms with Gasteiger partial charge in [0, 0.05) is 22.7 Å². The van der Waals surface area contributed by atoms with E-state index in [1.807, 2.05) is 13.8 Å². The molecule has 0 bridgehead atoms. The maximum absolute atomic E-state index is 14.2. The summed E-state index contributed by atoms with van der Waals surface area (Å²) in [4.78, 5) is 15.3. The summed E-state index contributed by atoms with van der Waals surface area (Å²) < 4.78 is 26.6. The maximum Gasteiger partial charge on any atom is 0.275 e. The number of rotatable bonds is 5. The molecule has 0 amide bonds. The van der Waals surface area contributed by atoms with Crippen molar-refractivity contribution < 1.29 is 18.4 Å². The number of carbonyl (C=O) groups is 1. The van der Waals surface area contributed by atoms with Crippen molar-refractivity contribution in [1.29, 1.82) is 0 Å². The maximum atomic E-state index is 14.2. The molecule has 142 valence electrons. The van der Waals surface area contributed by atoms with E-state index in [0.29, 0.717) is 21.5 Å². The van der Waals surface area contributed by atoms with Crippen LogP contribution in [0.3, 0.4) is 0 Å². The molecule has 6 nitrogen and oxygen atoms in total. The first kappa shape index (κ1) is 18.2. The van der Waals surface area contributed by atoms with Crippen molar-refractivity contribution in [3.8, 4) is 23.2 Å². The van der Waals surface area contributed by atoms with E-state index in [1.54, 1.807) is 35.0 Å². The van der Waals surface area contributed by atoms with Crippen molar-refractivity contribution in [2.75, 3.05) is 0 Å². The van der Waals surface area contributed by atoms with Crippen LogP contribution >= 0.6 is 11.6 Å². The van der Waals surface area contributed by atoms with Gasteiger partial charge in [-0.05, 0) is 55.4 Å². The highest BCUT2D eigenvalue weighted by atomic mass is 35.5. The van der Waals surface area contributed by atoms with Gasteiger partial charge in [0.05, 0.1) is 16.6 Å². The fourth-order valence-corrected chi connectivity index (χ4v) is 3.11. The monoisotopic (exact) mass is 399 g/mol. The van der Waals surface area contributed by atoms with Gasteiger partial charge in [0.15, 0.2) is 11.6 Å². The van der Waals surface area contributed by atoms with Crippen LogP contribution in [-0.2, 0) is 0 Å². The van der Waals surface area contributed by atoms with Crippen LogP contribution in [-0.4, -0.2) is 27.1 Å². The highest BCUT2D eigenvalue weighted by Gasteiger charge is 2.16. The van der Waals surface area contributed by atoms with Gasteiger partial charge in [-0.15, -0.1) is 0 Å². The van der Waals surface area contributed by atoms with Gasteiger partial charge in [-0.1, -0.05) is 11.6 Å². The highest BCUT2D eigenvalue weighted by molar-refractivity contribution is 6.35. The van der Waals surface area contributed by atoms with Crippen molar-refractivity contribution in [2.45, 2.75) is 20.0 Å². The number of fused-ring (bicyclic) bond motifs is 1. The molecular formula is C20H15ClFN3O3. The van der Waals surface area contributed by atoms with Crippen molar-refractivity contribution >= 4 is 28.8 Å². The second-order valence-corrected chi connectivity index (χ2v) is 6.86. The number of benzene rings is 2. The number of hydrogen-bond donors (Lipinski definition) is 0. The molecule has 2 heterocycles. The second kappa shape index (κ2) is 7.09. The van der Waals surface area contributed by atoms with Crippen molar-refractivity contribution in [3.63, 3.8) is 0 Å². The van der Waals surface area contributed by atoms with Crippen LogP contribution in [0, 0.1) is 5.82 Å². The molecule has 8 heteroatoms. The van der Waals surface area contributed by atoms with Gasteiger partial charge >= 0.3 is 0 Å². The molecule has 2 aromatic carbocycles. The highest BCUT2D eigenvalue weighted by Crippen LogP contribution is 2.30. The number of hydrogen-bond acceptors (Lipinski definition) is 5. The molecule has 0 atom stereocenters. The Balaban J connectivity index is 1.71. The van der Waals surface area contributed by atoms with Crippen molar-refractivity contribution in [1.82, 2.24) is 14.7 Å². The standard InChI is InChI=1S/C20H15ClFN3O3/c1-11(2)27-18-6-4-13(8-16(18)22)19-23-20(24-28-19)25-9-15(21)14-7-12(10-26)3-5-17(14)25/h3-11H,1-2H3. The largest absolute Gasteiger partial charge is 0.488 e. The molecule has 0 fully saturated rings. The van der Waals surface area contributed by atoms with Crippen LogP contribution in [0.2, 0.25) is 5.02 Å². The smallest absolute Gasteiger partial charge is 0.275 e. The fourth-order valence-electron chi connectivity index (χ4n) is 2.86. The molecule has 0 aliphatic carbocycles. The van der Waals surface area contributed by atoms with Crippen LogP contribution in [0.4, 0.5) is 4.39 Å². The van der Waals surface area contributed by atoms with Gasteiger partial charge in [-0.25, -0.2) is 4.39 Å². The molecule has 4 rings (SSSR count). The summed E-state index contributed by atoms with van der Waals surface area (Å²) in [6.07, 6.45) is 2.25. The van der Waals surface area contributed by atoms with Crippen LogP contribution < -0.4 is 4.74 Å². The predicted octanol–water partition coefficient (Wildman–Crippen LogP) is 5.07. The summed E-state index contributed by atoms with van der Waals surface area (Å²) in [5, 5.41) is 5.11. The minimum Gasteiger partial charge on any atom is -0.488 e. The van der Waals surface area contributed by atoms with Crippen molar-refractivity contribution in [3.05, 3.63) is 59.0 Å². The molecule has 0 aliphatic rings. The van der Waals surface area contributed by atoms with E-state index in [9.17, 15) is 9.18 Å². The van der Waals surface area contributed by atoms with Crippen molar-refractivity contribution in [2.24, 2.45) is 0 Å². The lowest BCUT2D eigenvalue weighted by atomic mass is 10.2. The van der Waals surface area contributed by atoms with E-state index in [0.717, 1.165) is 11.8 Å². The molecule has 4 aromatic rings. The zero-order valence-electron chi connectivity index (χ0n) is 15.0. The van der Waals surface area contributed by atoms with E-state index in [4.69, 9.17) is 20.9 Å². The second-order valence-electron chi connectivity index (χ2n) is 6.45. The average Bonchev–Trinajstić information content (AvgIpc) is 3.28. The molecule has 28 heavy (non-hydrogen) atoms. The Hall–Kier alpha value is -3.19. The van der Waals surface area contributed by atoms with Gasteiger partial charge in [0.25, 0.3) is 11.8 Å².